The molecule has 0 radical (unpaired) electrons. The molecule has 1 saturated heterocycles. The van der Waals surface area contributed by atoms with Crippen LogP contribution in [0.2, 0.25) is 0 Å². The lowest BCUT2D eigenvalue weighted by Gasteiger charge is -2.27. The highest BCUT2D eigenvalue weighted by Gasteiger charge is 2.21. The number of rotatable bonds is 6. The molecule has 0 amide bonds. The van der Waals surface area contributed by atoms with Gasteiger partial charge in [0.05, 0.1) is 0 Å². The van der Waals surface area contributed by atoms with Crippen molar-refractivity contribution < 1.29 is 0 Å². The van der Waals surface area contributed by atoms with E-state index in [1.807, 2.05) is 0 Å². The molecule has 84 valence electrons. The van der Waals surface area contributed by atoms with E-state index in [-0.39, 0.29) is 0 Å². The van der Waals surface area contributed by atoms with Gasteiger partial charge in [0.2, 0.25) is 0 Å². The second-order valence-electron chi connectivity index (χ2n) is 4.27. The maximum absolute atomic E-state index is 3.62. The molecule has 1 heterocycles. The van der Waals surface area contributed by atoms with Gasteiger partial charge in [0.15, 0.2) is 0 Å². The Morgan fingerprint density at radius 3 is 2.86 bits per heavy atom. The van der Waals surface area contributed by atoms with Crippen molar-refractivity contribution in [3.63, 3.8) is 0 Å². The summed E-state index contributed by atoms with van der Waals surface area (Å²) in [6.07, 6.45) is 4.06. The van der Waals surface area contributed by atoms with Crippen LogP contribution < -0.4 is 0 Å². The van der Waals surface area contributed by atoms with E-state index in [0.29, 0.717) is 0 Å². The van der Waals surface area contributed by atoms with E-state index in [4.69, 9.17) is 0 Å². The highest BCUT2D eigenvalue weighted by atomic mass is 79.9. The Kier molecular flexibility index (Phi) is 6.55. The minimum absolute atomic E-state index is 0.843. The molecular formula is C11H22BrNS. The van der Waals surface area contributed by atoms with Gasteiger partial charge in [-0.3, -0.25) is 0 Å². The number of nitrogens with zero attached hydrogens (tertiary/aromatic N) is 1. The fraction of sp³-hybridized carbons (Fsp3) is 1.00. The van der Waals surface area contributed by atoms with E-state index < -0.39 is 0 Å². The van der Waals surface area contributed by atoms with Crippen molar-refractivity contribution in [2.45, 2.75) is 32.2 Å². The van der Waals surface area contributed by atoms with E-state index in [0.717, 1.165) is 17.3 Å². The standard InChI is InChI=1S/C11H22BrNS/c1-3-4-10(7-12)8-13(2)11-5-6-14-9-11/h10-11H,3-9H2,1-2H3. The third-order valence-corrected chi connectivity index (χ3v) is 5.05. The summed E-state index contributed by atoms with van der Waals surface area (Å²) in [4.78, 5) is 2.57. The van der Waals surface area contributed by atoms with Gasteiger partial charge in [-0.2, -0.15) is 11.8 Å². The van der Waals surface area contributed by atoms with E-state index in [9.17, 15) is 0 Å². The van der Waals surface area contributed by atoms with Gasteiger partial charge in [-0.25, -0.2) is 0 Å². The second-order valence-corrected chi connectivity index (χ2v) is 6.06. The first-order valence-corrected chi connectivity index (χ1v) is 7.89. The minimum Gasteiger partial charge on any atom is -0.302 e. The molecule has 2 unspecified atom stereocenters. The first-order chi connectivity index (χ1) is 6.77. The maximum atomic E-state index is 3.62. The molecular weight excluding hydrogens is 258 g/mol. The normalized spacial score (nSPS) is 24.4. The Labute approximate surface area is 101 Å². The average Bonchev–Trinajstić information content (AvgIpc) is 2.69. The summed E-state index contributed by atoms with van der Waals surface area (Å²) in [5, 5.41) is 1.16. The van der Waals surface area contributed by atoms with E-state index in [1.165, 1.54) is 37.3 Å². The molecule has 0 N–H and O–H groups in total. The molecule has 1 aliphatic heterocycles. The molecule has 3 heteroatoms. The molecule has 2 atom stereocenters. The van der Waals surface area contributed by atoms with Crippen molar-refractivity contribution in [3.05, 3.63) is 0 Å². The smallest absolute Gasteiger partial charge is 0.0191 e. The zero-order valence-corrected chi connectivity index (χ0v) is 11.7. The van der Waals surface area contributed by atoms with Crippen LogP contribution in [-0.2, 0) is 0 Å². The topological polar surface area (TPSA) is 3.24 Å². The summed E-state index contributed by atoms with van der Waals surface area (Å²) in [5.41, 5.74) is 0. The monoisotopic (exact) mass is 279 g/mol. The van der Waals surface area contributed by atoms with E-state index >= 15 is 0 Å². The predicted molar refractivity (Wildman–Crippen MR) is 70.6 cm³/mol. The summed E-state index contributed by atoms with van der Waals surface area (Å²) >= 11 is 5.73. The molecule has 0 aromatic carbocycles. The number of hydrogen-bond acceptors (Lipinski definition) is 2. The quantitative estimate of drug-likeness (QED) is 0.687. The summed E-state index contributed by atoms with van der Waals surface area (Å²) in [6, 6.07) is 0.846. The van der Waals surface area contributed by atoms with Crippen LogP contribution in [0.4, 0.5) is 0 Å². The van der Waals surface area contributed by atoms with Crippen LogP contribution in [0.25, 0.3) is 0 Å². The lowest BCUT2D eigenvalue weighted by molar-refractivity contribution is 0.225. The molecule has 14 heavy (non-hydrogen) atoms. The summed E-state index contributed by atoms with van der Waals surface area (Å²) in [6.45, 7) is 3.55. The molecule has 0 aromatic rings. The van der Waals surface area contributed by atoms with Crippen LogP contribution in [0.3, 0.4) is 0 Å². The van der Waals surface area contributed by atoms with Crippen LogP contribution in [0.5, 0.6) is 0 Å². The highest BCUT2D eigenvalue weighted by Crippen LogP contribution is 2.23. The largest absolute Gasteiger partial charge is 0.302 e. The van der Waals surface area contributed by atoms with E-state index in [2.05, 4.69) is 46.6 Å². The van der Waals surface area contributed by atoms with Crippen LogP contribution in [-0.4, -0.2) is 41.4 Å². The summed E-state index contributed by atoms with van der Waals surface area (Å²) in [5.74, 6) is 3.55. The number of alkyl halides is 1. The predicted octanol–water partition coefficient (Wildman–Crippen LogP) is 3.23. The maximum Gasteiger partial charge on any atom is 0.0191 e. The molecule has 0 spiro atoms. The summed E-state index contributed by atoms with van der Waals surface area (Å²) < 4.78 is 0. The van der Waals surface area contributed by atoms with Crippen LogP contribution in [0.1, 0.15) is 26.2 Å². The van der Waals surface area contributed by atoms with E-state index in [1.54, 1.807) is 0 Å². The zero-order valence-electron chi connectivity index (χ0n) is 9.34. The molecule has 1 nitrogen and oxygen atoms in total. The molecule has 0 aliphatic carbocycles. The van der Waals surface area contributed by atoms with Crippen molar-refractivity contribution in [1.82, 2.24) is 4.90 Å². The third kappa shape index (κ3) is 4.11. The van der Waals surface area contributed by atoms with Gasteiger partial charge in [0, 0.05) is 23.7 Å². The van der Waals surface area contributed by atoms with Gasteiger partial charge >= 0.3 is 0 Å². The van der Waals surface area contributed by atoms with Crippen LogP contribution in [0, 0.1) is 5.92 Å². The molecule has 0 saturated carbocycles. The highest BCUT2D eigenvalue weighted by molar-refractivity contribution is 9.09. The number of thioether (sulfide) groups is 1. The SMILES string of the molecule is CCCC(CBr)CN(C)C1CCSC1. The van der Waals surface area contributed by atoms with Gasteiger partial charge in [0.25, 0.3) is 0 Å². The molecule has 1 fully saturated rings. The first-order valence-electron chi connectivity index (χ1n) is 5.61. The average molecular weight is 280 g/mol. The Morgan fingerprint density at radius 1 is 1.57 bits per heavy atom. The number of halogens is 1. The first kappa shape index (κ1) is 12.9. The zero-order chi connectivity index (χ0) is 10.4. The van der Waals surface area contributed by atoms with Gasteiger partial charge in [0.1, 0.15) is 0 Å². The minimum atomic E-state index is 0.843. The lowest BCUT2D eigenvalue weighted by Crippen LogP contribution is -2.36. The van der Waals surface area contributed by atoms with Crippen molar-refractivity contribution in [3.8, 4) is 0 Å². The Hall–Kier alpha value is 0.790. The van der Waals surface area contributed by atoms with Crippen molar-refractivity contribution >= 4 is 27.7 Å². The third-order valence-electron chi connectivity index (χ3n) is 2.99. The van der Waals surface area contributed by atoms with Gasteiger partial charge < -0.3 is 4.90 Å². The van der Waals surface area contributed by atoms with Crippen LogP contribution in [0.15, 0.2) is 0 Å². The van der Waals surface area contributed by atoms with Gasteiger partial charge in [-0.15, -0.1) is 0 Å². The van der Waals surface area contributed by atoms with Gasteiger partial charge in [-0.05, 0) is 31.6 Å². The second kappa shape index (κ2) is 7.13. The van der Waals surface area contributed by atoms with Crippen molar-refractivity contribution in [2.75, 3.05) is 30.4 Å². The Bertz CT molecular complexity index is 148. The van der Waals surface area contributed by atoms with Crippen molar-refractivity contribution in [1.29, 1.82) is 0 Å². The molecule has 0 aromatic heterocycles. The number of hydrogen-bond donors (Lipinski definition) is 0. The lowest BCUT2D eigenvalue weighted by atomic mass is 10.0. The molecule has 1 aliphatic rings. The van der Waals surface area contributed by atoms with Crippen molar-refractivity contribution in [2.24, 2.45) is 5.92 Å². The fourth-order valence-electron chi connectivity index (χ4n) is 2.05. The molecule has 1 rings (SSSR count). The summed E-state index contributed by atoms with van der Waals surface area (Å²) in [7, 11) is 2.29. The van der Waals surface area contributed by atoms with Gasteiger partial charge in [-0.1, -0.05) is 29.3 Å². The Balaban J connectivity index is 2.25. The Morgan fingerprint density at radius 2 is 2.36 bits per heavy atom. The van der Waals surface area contributed by atoms with Crippen LogP contribution >= 0.6 is 27.7 Å². The fourth-order valence-corrected chi connectivity index (χ4v) is 3.88. The molecule has 0 bridgehead atoms.